The van der Waals surface area contributed by atoms with Crippen LogP contribution in [0.25, 0.3) is 0 Å². The molecule has 19 heavy (non-hydrogen) atoms. The van der Waals surface area contributed by atoms with Gasteiger partial charge >= 0.3 is 0 Å². The molecule has 1 aliphatic carbocycles. The molecule has 5 nitrogen and oxygen atoms in total. The van der Waals surface area contributed by atoms with E-state index in [9.17, 15) is 8.42 Å². The quantitative estimate of drug-likeness (QED) is 0.778. The molecule has 1 saturated carbocycles. The van der Waals surface area contributed by atoms with Crippen LogP contribution in [0.5, 0.6) is 0 Å². The molecule has 0 radical (unpaired) electrons. The first-order valence-electron chi connectivity index (χ1n) is 6.74. The second-order valence-corrected chi connectivity index (χ2v) is 6.98. The molecule has 2 rings (SSSR count). The van der Waals surface area contributed by atoms with Crippen LogP contribution in [0.15, 0.2) is 10.6 Å². The van der Waals surface area contributed by atoms with Crippen molar-refractivity contribution in [1.29, 1.82) is 0 Å². The third-order valence-electron chi connectivity index (χ3n) is 3.55. The molecule has 6 heteroatoms. The summed E-state index contributed by atoms with van der Waals surface area (Å²) in [6, 6.07) is 1.83. The highest BCUT2D eigenvalue weighted by Crippen LogP contribution is 2.30. The van der Waals surface area contributed by atoms with Gasteiger partial charge in [0.15, 0.2) is 0 Å². The van der Waals surface area contributed by atoms with Crippen molar-refractivity contribution >= 4 is 10.1 Å². The topological polar surface area (TPSA) is 69.4 Å². The molecule has 1 atom stereocenters. The van der Waals surface area contributed by atoms with Crippen LogP contribution in [0.4, 0.5) is 0 Å². The van der Waals surface area contributed by atoms with Crippen molar-refractivity contribution in [2.45, 2.75) is 51.6 Å². The van der Waals surface area contributed by atoms with E-state index in [1.807, 2.05) is 13.0 Å². The lowest BCUT2D eigenvalue weighted by Crippen LogP contribution is -2.30. The molecule has 0 N–H and O–H groups in total. The summed E-state index contributed by atoms with van der Waals surface area (Å²) >= 11 is 0. The normalized spacial score (nSPS) is 19.5. The van der Waals surface area contributed by atoms with Gasteiger partial charge in [-0.2, -0.15) is 8.42 Å². The number of hydrogen-bond acceptors (Lipinski definition) is 5. The summed E-state index contributed by atoms with van der Waals surface area (Å²) < 4.78 is 33.3. The predicted octanol–water partition coefficient (Wildman–Crippen LogP) is 2.45. The smallest absolute Gasteiger partial charge is 0.264 e. The summed E-state index contributed by atoms with van der Waals surface area (Å²) in [4.78, 5) is 0. The van der Waals surface area contributed by atoms with Crippen molar-refractivity contribution in [2.24, 2.45) is 5.92 Å². The van der Waals surface area contributed by atoms with Crippen LogP contribution in [-0.2, 0) is 20.7 Å². The first-order valence-corrected chi connectivity index (χ1v) is 8.56. The molecule has 1 aromatic rings. The van der Waals surface area contributed by atoms with Crippen LogP contribution in [-0.4, -0.2) is 25.9 Å². The van der Waals surface area contributed by atoms with Crippen molar-refractivity contribution in [3.63, 3.8) is 0 Å². The minimum atomic E-state index is -3.45. The average molecular weight is 287 g/mol. The molecule has 0 spiro atoms. The van der Waals surface area contributed by atoms with E-state index in [-0.39, 0.29) is 12.0 Å². The number of hydrogen-bond donors (Lipinski definition) is 0. The van der Waals surface area contributed by atoms with Gasteiger partial charge in [0, 0.05) is 12.5 Å². The molecule has 1 unspecified atom stereocenters. The fourth-order valence-corrected chi connectivity index (χ4v) is 3.39. The fraction of sp³-hybridized carbons (Fsp3) is 0.769. The van der Waals surface area contributed by atoms with Gasteiger partial charge in [0.1, 0.15) is 5.76 Å². The summed E-state index contributed by atoms with van der Waals surface area (Å²) in [7, 11) is -3.45. The van der Waals surface area contributed by atoms with E-state index in [1.54, 1.807) is 0 Å². The molecule has 0 amide bonds. The lowest BCUT2D eigenvalue weighted by Gasteiger charge is -2.28. The van der Waals surface area contributed by atoms with Crippen molar-refractivity contribution < 1.29 is 17.1 Å². The van der Waals surface area contributed by atoms with Crippen molar-refractivity contribution in [3.8, 4) is 0 Å². The Kier molecular flexibility index (Phi) is 4.62. The predicted molar refractivity (Wildman–Crippen MR) is 71.2 cm³/mol. The Morgan fingerprint density at radius 2 is 2.11 bits per heavy atom. The summed E-state index contributed by atoms with van der Waals surface area (Å²) in [6.07, 6.45) is 6.80. The third-order valence-corrected chi connectivity index (χ3v) is 4.15. The maximum Gasteiger partial charge on any atom is 0.264 e. The summed E-state index contributed by atoms with van der Waals surface area (Å²) in [6.45, 7) is 1.85. The minimum absolute atomic E-state index is 0.286. The number of rotatable bonds is 5. The highest BCUT2D eigenvalue weighted by atomic mass is 32.2. The molecular weight excluding hydrogens is 266 g/mol. The SMILES string of the molecule is Cc1cc(CC(OS(C)(=O)=O)C2CCCCC2)on1. The summed E-state index contributed by atoms with van der Waals surface area (Å²) in [5.41, 5.74) is 0.803. The minimum Gasteiger partial charge on any atom is -0.361 e. The molecule has 1 fully saturated rings. The average Bonchev–Trinajstić information content (AvgIpc) is 2.73. The maximum atomic E-state index is 11.4. The van der Waals surface area contributed by atoms with Crippen LogP contribution in [0.3, 0.4) is 0 Å². The number of nitrogens with zero attached hydrogens (tertiary/aromatic N) is 1. The Bertz CT molecular complexity index is 502. The molecule has 0 saturated heterocycles. The standard InChI is InChI=1S/C13H21NO4S/c1-10-8-12(17-14-10)9-13(18-19(2,15)16)11-6-4-3-5-7-11/h8,11,13H,3-7,9H2,1-2H3. The van der Waals surface area contributed by atoms with Gasteiger partial charge in [-0.1, -0.05) is 24.4 Å². The first kappa shape index (κ1) is 14.5. The van der Waals surface area contributed by atoms with Gasteiger partial charge in [0.25, 0.3) is 10.1 Å². The Morgan fingerprint density at radius 3 is 2.63 bits per heavy atom. The van der Waals surface area contributed by atoms with Gasteiger partial charge < -0.3 is 4.52 Å². The molecule has 1 aliphatic rings. The fourth-order valence-electron chi connectivity index (χ4n) is 2.72. The lowest BCUT2D eigenvalue weighted by atomic mass is 9.84. The molecule has 1 aromatic heterocycles. The van der Waals surface area contributed by atoms with E-state index in [0.717, 1.165) is 37.6 Å². The van der Waals surface area contributed by atoms with E-state index in [4.69, 9.17) is 8.71 Å². The Labute approximate surface area is 114 Å². The van der Waals surface area contributed by atoms with Crippen LogP contribution < -0.4 is 0 Å². The van der Waals surface area contributed by atoms with E-state index in [1.165, 1.54) is 6.42 Å². The lowest BCUT2D eigenvalue weighted by molar-refractivity contribution is 0.108. The zero-order valence-corrected chi connectivity index (χ0v) is 12.3. The molecule has 108 valence electrons. The van der Waals surface area contributed by atoms with Crippen LogP contribution in [0.2, 0.25) is 0 Å². The summed E-state index contributed by atoms with van der Waals surface area (Å²) in [5, 5.41) is 3.83. The van der Waals surface area contributed by atoms with Crippen LogP contribution in [0, 0.1) is 12.8 Å². The molecule has 0 aromatic carbocycles. The number of aryl methyl sites for hydroxylation is 1. The first-order chi connectivity index (χ1) is 8.94. The molecular formula is C13H21NO4S. The molecule has 1 heterocycles. The third kappa shape index (κ3) is 4.62. The summed E-state index contributed by atoms with van der Waals surface area (Å²) in [5.74, 6) is 0.977. The highest BCUT2D eigenvalue weighted by Gasteiger charge is 2.28. The van der Waals surface area contributed by atoms with Gasteiger partial charge in [-0.25, -0.2) is 0 Å². The zero-order chi connectivity index (χ0) is 13.9. The van der Waals surface area contributed by atoms with E-state index in [2.05, 4.69) is 5.16 Å². The second-order valence-electron chi connectivity index (χ2n) is 5.38. The zero-order valence-electron chi connectivity index (χ0n) is 11.5. The Morgan fingerprint density at radius 1 is 1.42 bits per heavy atom. The van der Waals surface area contributed by atoms with Gasteiger partial charge in [-0.15, -0.1) is 0 Å². The molecule has 0 aliphatic heterocycles. The largest absolute Gasteiger partial charge is 0.361 e. The monoisotopic (exact) mass is 287 g/mol. The van der Waals surface area contributed by atoms with Crippen LogP contribution >= 0.6 is 0 Å². The van der Waals surface area contributed by atoms with E-state index in [0.29, 0.717) is 12.2 Å². The van der Waals surface area contributed by atoms with Gasteiger partial charge in [-0.3, -0.25) is 4.18 Å². The maximum absolute atomic E-state index is 11.4. The van der Waals surface area contributed by atoms with Gasteiger partial charge in [0.05, 0.1) is 18.1 Å². The van der Waals surface area contributed by atoms with Crippen LogP contribution in [0.1, 0.15) is 43.6 Å². The highest BCUT2D eigenvalue weighted by molar-refractivity contribution is 7.86. The van der Waals surface area contributed by atoms with Gasteiger partial charge in [0.2, 0.25) is 0 Å². The van der Waals surface area contributed by atoms with Crippen molar-refractivity contribution in [2.75, 3.05) is 6.26 Å². The van der Waals surface area contributed by atoms with Crippen molar-refractivity contribution in [1.82, 2.24) is 5.16 Å². The Hall–Kier alpha value is -0.880. The van der Waals surface area contributed by atoms with E-state index < -0.39 is 10.1 Å². The molecule has 0 bridgehead atoms. The Balaban J connectivity index is 2.08. The number of aromatic nitrogens is 1. The van der Waals surface area contributed by atoms with Gasteiger partial charge in [-0.05, 0) is 25.7 Å². The van der Waals surface area contributed by atoms with Crippen molar-refractivity contribution in [3.05, 3.63) is 17.5 Å². The van der Waals surface area contributed by atoms with E-state index >= 15 is 0 Å². The second kappa shape index (κ2) is 6.05.